The van der Waals surface area contributed by atoms with E-state index >= 15 is 0 Å². The Morgan fingerprint density at radius 1 is 1.64 bits per heavy atom. The van der Waals surface area contributed by atoms with Crippen LogP contribution in [0.1, 0.15) is 19.0 Å². The summed E-state index contributed by atoms with van der Waals surface area (Å²) in [5, 5.41) is 12.6. The van der Waals surface area contributed by atoms with Crippen LogP contribution in [0.4, 0.5) is 5.69 Å². The van der Waals surface area contributed by atoms with Crippen molar-refractivity contribution in [2.45, 2.75) is 26.3 Å². The second-order valence-electron chi connectivity index (χ2n) is 3.32. The summed E-state index contributed by atoms with van der Waals surface area (Å²) in [7, 11) is 0. The molecular formula is C10H15ClN2O. The summed E-state index contributed by atoms with van der Waals surface area (Å²) < 4.78 is 0. The highest BCUT2D eigenvalue weighted by atomic mass is 35.5. The number of aliphatic hydroxyl groups excluding tert-OH is 1. The van der Waals surface area contributed by atoms with Crippen molar-refractivity contribution in [3.63, 3.8) is 0 Å². The van der Waals surface area contributed by atoms with E-state index in [1.54, 1.807) is 6.20 Å². The van der Waals surface area contributed by atoms with Gasteiger partial charge in [-0.1, -0.05) is 11.6 Å². The zero-order chi connectivity index (χ0) is 10.6. The first-order chi connectivity index (χ1) is 6.65. The molecule has 1 aromatic heterocycles. The fourth-order valence-corrected chi connectivity index (χ4v) is 1.36. The Hall–Kier alpha value is -0.800. The molecule has 0 aliphatic carbocycles. The highest BCUT2D eigenvalue weighted by molar-refractivity contribution is 6.33. The number of nitrogens with zero attached hydrogens (tertiary/aromatic N) is 1. The monoisotopic (exact) mass is 214 g/mol. The van der Waals surface area contributed by atoms with Crippen molar-refractivity contribution in [2.75, 3.05) is 11.9 Å². The van der Waals surface area contributed by atoms with E-state index in [0.717, 1.165) is 11.4 Å². The van der Waals surface area contributed by atoms with E-state index in [1.807, 2.05) is 19.9 Å². The topological polar surface area (TPSA) is 45.2 Å². The highest BCUT2D eigenvalue weighted by Crippen LogP contribution is 2.24. The molecule has 4 heteroatoms. The molecule has 0 aliphatic rings. The van der Waals surface area contributed by atoms with Gasteiger partial charge in [-0.3, -0.25) is 4.98 Å². The third kappa shape index (κ3) is 2.86. The molecule has 0 aliphatic heterocycles. The predicted molar refractivity (Wildman–Crippen MR) is 58.8 cm³/mol. The SMILES string of the molecule is Cc1nccc(N[C@@H](C)CCO)c1Cl. The number of rotatable bonds is 4. The number of pyridine rings is 1. The first kappa shape index (κ1) is 11.3. The maximum absolute atomic E-state index is 8.75. The number of hydrogen-bond donors (Lipinski definition) is 2. The van der Waals surface area contributed by atoms with Gasteiger partial charge in [0.1, 0.15) is 0 Å². The van der Waals surface area contributed by atoms with Crippen LogP contribution in [0.2, 0.25) is 5.02 Å². The second-order valence-corrected chi connectivity index (χ2v) is 3.69. The summed E-state index contributed by atoms with van der Waals surface area (Å²) in [6.07, 6.45) is 2.42. The van der Waals surface area contributed by atoms with Crippen molar-refractivity contribution in [1.82, 2.24) is 4.98 Å². The average Bonchev–Trinajstić information content (AvgIpc) is 2.13. The summed E-state index contributed by atoms with van der Waals surface area (Å²) >= 11 is 6.05. The molecule has 0 spiro atoms. The minimum atomic E-state index is 0.176. The molecule has 1 rings (SSSR count). The lowest BCUT2D eigenvalue weighted by molar-refractivity contribution is 0.282. The summed E-state index contributed by atoms with van der Waals surface area (Å²) in [5.41, 5.74) is 1.69. The summed E-state index contributed by atoms with van der Waals surface area (Å²) in [4.78, 5) is 4.07. The standard InChI is InChI=1S/C10H15ClN2O/c1-7(4-6-14)13-9-3-5-12-8(2)10(9)11/h3,5,7,14H,4,6H2,1-2H3,(H,12,13)/t7-/m0/s1. The van der Waals surface area contributed by atoms with Crippen molar-refractivity contribution < 1.29 is 5.11 Å². The second kappa shape index (κ2) is 5.17. The van der Waals surface area contributed by atoms with Crippen LogP contribution in [0.15, 0.2) is 12.3 Å². The Morgan fingerprint density at radius 2 is 2.36 bits per heavy atom. The van der Waals surface area contributed by atoms with Gasteiger partial charge in [-0.25, -0.2) is 0 Å². The first-order valence-electron chi connectivity index (χ1n) is 4.63. The minimum Gasteiger partial charge on any atom is -0.396 e. The van der Waals surface area contributed by atoms with Gasteiger partial charge >= 0.3 is 0 Å². The maximum Gasteiger partial charge on any atom is 0.0849 e. The molecule has 0 aromatic carbocycles. The van der Waals surface area contributed by atoms with Crippen molar-refractivity contribution in [3.05, 3.63) is 23.0 Å². The van der Waals surface area contributed by atoms with E-state index in [1.165, 1.54) is 0 Å². The van der Waals surface area contributed by atoms with Gasteiger partial charge in [-0.15, -0.1) is 0 Å². The first-order valence-corrected chi connectivity index (χ1v) is 5.01. The Bertz CT molecular complexity index is 304. The molecular weight excluding hydrogens is 200 g/mol. The number of aryl methyl sites for hydroxylation is 1. The highest BCUT2D eigenvalue weighted by Gasteiger charge is 2.06. The lowest BCUT2D eigenvalue weighted by Gasteiger charge is -2.15. The molecule has 1 atom stereocenters. The summed E-state index contributed by atoms with van der Waals surface area (Å²) in [5.74, 6) is 0. The normalized spacial score (nSPS) is 12.6. The molecule has 78 valence electrons. The molecule has 0 radical (unpaired) electrons. The zero-order valence-electron chi connectivity index (χ0n) is 8.42. The van der Waals surface area contributed by atoms with Gasteiger partial charge in [0.25, 0.3) is 0 Å². The van der Waals surface area contributed by atoms with Gasteiger partial charge in [0, 0.05) is 18.8 Å². The summed E-state index contributed by atoms with van der Waals surface area (Å²) in [6.45, 7) is 4.04. The van der Waals surface area contributed by atoms with E-state index in [4.69, 9.17) is 16.7 Å². The molecule has 0 bridgehead atoms. The van der Waals surface area contributed by atoms with Gasteiger partial charge in [0.15, 0.2) is 0 Å². The molecule has 0 unspecified atom stereocenters. The van der Waals surface area contributed by atoms with Crippen LogP contribution in [0.3, 0.4) is 0 Å². The van der Waals surface area contributed by atoms with Gasteiger partial charge < -0.3 is 10.4 Å². The van der Waals surface area contributed by atoms with Crippen LogP contribution >= 0.6 is 11.6 Å². The van der Waals surface area contributed by atoms with Crippen molar-refractivity contribution in [1.29, 1.82) is 0 Å². The van der Waals surface area contributed by atoms with Crippen LogP contribution in [0.25, 0.3) is 0 Å². The Balaban J connectivity index is 2.71. The van der Waals surface area contributed by atoms with E-state index in [2.05, 4.69) is 10.3 Å². The van der Waals surface area contributed by atoms with Gasteiger partial charge in [-0.2, -0.15) is 0 Å². The van der Waals surface area contributed by atoms with E-state index in [0.29, 0.717) is 11.4 Å². The molecule has 1 heterocycles. The lowest BCUT2D eigenvalue weighted by Crippen LogP contribution is -2.17. The van der Waals surface area contributed by atoms with Crippen LogP contribution < -0.4 is 5.32 Å². The molecule has 14 heavy (non-hydrogen) atoms. The Labute approximate surface area is 89.1 Å². The van der Waals surface area contributed by atoms with Crippen LogP contribution in [-0.2, 0) is 0 Å². The van der Waals surface area contributed by atoms with Crippen LogP contribution in [0.5, 0.6) is 0 Å². The van der Waals surface area contributed by atoms with Crippen molar-refractivity contribution >= 4 is 17.3 Å². The largest absolute Gasteiger partial charge is 0.396 e. The maximum atomic E-state index is 8.75. The molecule has 1 aromatic rings. The third-order valence-electron chi connectivity index (χ3n) is 2.03. The van der Waals surface area contributed by atoms with E-state index < -0.39 is 0 Å². The lowest BCUT2D eigenvalue weighted by atomic mass is 10.2. The fraction of sp³-hybridized carbons (Fsp3) is 0.500. The number of hydrogen-bond acceptors (Lipinski definition) is 3. The number of nitrogens with one attached hydrogen (secondary N) is 1. The molecule has 0 amide bonds. The smallest absolute Gasteiger partial charge is 0.0849 e. The van der Waals surface area contributed by atoms with Crippen LogP contribution in [0, 0.1) is 6.92 Å². The zero-order valence-corrected chi connectivity index (χ0v) is 9.17. The number of halogens is 1. The quantitative estimate of drug-likeness (QED) is 0.808. The molecule has 0 saturated heterocycles. The van der Waals surface area contributed by atoms with Crippen LogP contribution in [-0.4, -0.2) is 22.7 Å². The van der Waals surface area contributed by atoms with Gasteiger partial charge in [0.2, 0.25) is 0 Å². The van der Waals surface area contributed by atoms with E-state index in [-0.39, 0.29) is 12.6 Å². The van der Waals surface area contributed by atoms with E-state index in [9.17, 15) is 0 Å². The van der Waals surface area contributed by atoms with Crippen molar-refractivity contribution in [3.8, 4) is 0 Å². The van der Waals surface area contributed by atoms with Gasteiger partial charge in [0.05, 0.1) is 16.4 Å². The Kier molecular flexibility index (Phi) is 4.17. The minimum absolute atomic E-state index is 0.176. The predicted octanol–water partition coefficient (Wildman–Crippen LogP) is 2.23. The van der Waals surface area contributed by atoms with Crippen molar-refractivity contribution in [2.24, 2.45) is 0 Å². The van der Waals surface area contributed by atoms with Gasteiger partial charge in [-0.05, 0) is 26.3 Å². The number of aromatic nitrogens is 1. The summed E-state index contributed by atoms with van der Waals surface area (Å²) in [6, 6.07) is 2.04. The fourth-order valence-electron chi connectivity index (χ4n) is 1.19. The number of anilines is 1. The molecule has 2 N–H and O–H groups in total. The number of aliphatic hydroxyl groups is 1. The average molecular weight is 215 g/mol. The third-order valence-corrected chi connectivity index (χ3v) is 2.50. The molecule has 0 saturated carbocycles. The molecule has 0 fully saturated rings. The Morgan fingerprint density at radius 3 is 3.00 bits per heavy atom. The molecule has 3 nitrogen and oxygen atoms in total.